The number of hydrazine groups is 1. The molecule has 2 aromatic carbocycles. The molecule has 0 bridgehead atoms. The van der Waals surface area contributed by atoms with Crippen molar-refractivity contribution in [1.82, 2.24) is 20.4 Å². The Bertz CT molecular complexity index is 929. The van der Waals surface area contributed by atoms with Gasteiger partial charge < -0.3 is 5.11 Å². The normalized spacial score (nSPS) is 11.7. The first-order chi connectivity index (χ1) is 12.4. The van der Waals surface area contributed by atoms with Gasteiger partial charge in [-0.2, -0.15) is 0 Å². The third kappa shape index (κ3) is 3.25. The van der Waals surface area contributed by atoms with E-state index in [-0.39, 0.29) is 23.5 Å². The molecule has 3 aromatic rings. The van der Waals surface area contributed by atoms with Crippen LogP contribution in [0.2, 0.25) is 0 Å². The molecule has 7 heteroatoms. The summed E-state index contributed by atoms with van der Waals surface area (Å²) in [5.41, 5.74) is 5.25. The van der Waals surface area contributed by atoms with Gasteiger partial charge in [0.1, 0.15) is 22.5 Å². The Morgan fingerprint density at radius 1 is 1.23 bits per heavy atom. The number of fused-ring (bicyclic) bond motifs is 1. The number of nitrogens with two attached hydrogens (primary N) is 1. The summed E-state index contributed by atoms with van der Waals surface area (Å²) >= 11 is 0. The van der Waals surface area contributed by atoms with Crippen LogP contribution in [-0.2, 0) is 16.6 Å². The highest BCUT2D eigenvalue weighted by atomic mass is 16.3. The van der Waals surface area contributed by atoms with Crippen LogP contribution in [0, 0.1) is 0 Å². The molecular formula is C19H23N5O2. The van der Waals surface area contributed by atoms with E-state index in [0.717, 1.165) is 28.6 Å². The lowest BCUT2D eigenvalue weighted by molar-refractivity contribution is -0.120. The third-order valence-electron chi connectivity index (χ3n) is 4.79. The van der Waals surface area contributed by atoms with Crippen LogP contribution >= 0.6 is 0 Å². The van der Waals surface area contributed by atoms with E-state index in [4.69, 9.17) is 5.84 Å². The molecule has 4 N–H and O–H groups in total. The summed E-state index contributed by atoms with van der Waals surface area (Å²) in [5, 5.41) is 19.8. The number of phenolic OH excluding ortho intramolecular Hbond substituents is 1. The van der Waals surface area contributed by atoms with Crippen molar-refractivity contribution in [1.29, 1.82) is 0 Å². The van der Waals surface area contributed by atoms with Crippen LogP contribution in [0.15, 0.2) is 36.4 Å². The Hall–Kier alpha value is -2.93. The van der Waals surface area contributed by atoms with Crippen LogP contribution in [0.25, 0.3) is 16.7 Å². The van der Waals surface area contributed by atoms with Crippen molar-refractivity contribution in [2.45, 2.75) is 39.0 Å². The van der Waals surface area contributed by atoms with Gasteiger partial charge in [-0.25, -0.2) is 5.84 Å². The zero-order valence-electron chi connectivity index (χ0n) is 15.2. The molecule has 0 fully saturated rings. The maximum absolute atomic E-state index is 11.7. The predicted molar refractivity (Wildman–Crippen MR) is 99.9 cm³/mol. The summed E-state index contributed by atoms with van der Waals surface area (Å²) in [4.78, 5) is 13.2. The standard InChI is InChI=1S/C19H23N5O2/c1-4-19(2,3)13-9-12(11-17(25)21-20)10-16(18(13)26)24-22-14-7-5-6-8-15(14)23-24/h5-10,26H,4,11,20H2,1-3H3,(H,21,25). The molecule has 0 atom stereocenters. The summed E-state index contributed by atoms with van der Waals surface area (Å²) in [6, 6.07) is 11.1. The fraction of sp³-hybridized carbons (Fsp3) is 0.316. The number of nitrogens with zero attached hydrogens (tertiary/aromatic N) is 3. The number of hydrogen-bond acceptors (Lipinski definition) is 5. The predicted octanol–water partition coefficient (Wildman–Crippen LogP) is 2.35. The summed E-state index contributed by atoms with van der Waals surface area (Å²) in [7, 11) is 0. The maximum atomic E-state index is 11.7. The van der Waals surface area contributed by atoms with Crippen molar-refractivity contribution in [2.24, 2.45) is 5.84 Å². The lowest BCUT2D eigenvalue weighted by Gasteiger charge is -2.26. The molecule has 1 aromatic heterocycles. The number of benzene rings is 2. The molecule has 3 rings (SSSR count). The Labute approximate surface area is 151 Å². The highest BCUT2D eigenvalue weighted by Gasteiger charge is 2.26. The first kappa shape index (κ1) is 17.9. The molecule has 7 nitrogen and oxygen atoms in total. The Balaban J connectivity index is 2.20. The highest BCUT2D eigenvalue weighted by molar-refractivity contribution is 5.78. The lowest BCUT2D eigenvalue weighted by atomic mass is 9.80. The molecular weight excluding hydrogens is 330 g/mol. The molecule has 1 amide bonds. The summed E-state index contributed by atoms with van der Waals surface area (Å²) < 4.78 is 0. The van der Waals surface area contributed by atoms with E-state index in [1.165, 1.54) is 4.80 Å². The van der Waals surface area contributed by atoms with Gasteiger partial charge in [-0.1, -0.05) is 39.0 Å². The quantitative estimate of drug-likeness (QED) is 0.371. The van der Waals surface area contributed by atoms with E-state index in [1.807, 2.05) is 44.2 Å². The minimum absolute atomic E-state index is 0.108. The average Bonchev–Trinajstić information content (AvgIpc) is 3.06. The number of nitrogens with one attached hydrogen (secondary N) is 1. The third-order valence-corrected chi connectivity index (χ3v) is 4.79. The second kappa shape index (κ2) is 6.76. The SMILES string of the molecule is CCC(C)(C)c1cc(CC(=O)NN)cc(-n2nc3ccccc3n2)c1O. The maximum Gasteiger partial charge on any atom is 0.238 e. The van der Waals surface area contributed by atoms with Gasteiger partial charge in [0, 0.05) is 5.56 Å². The van der Waals surface area contributed by atoms with Gasteiger partial charge in [0.15, 0.2) is 0 Å². The van der Waals surface area contributed by atoms with Crippen molar-refractivity contribution < 1.29 is 9.90 Å². The molecule has 1 heterocycles. The molecule has 0 spiro atoms. The van der Waals surface area contributed by atoms with Gasteiger partial charge in [0.05, 0.1) is 6.42 Å². The largest absolute Gasteiger partial charge is 0.505 e. The molecule has 0 unspecified atom stereocenters. The molecule has 0 aliphatic rings. The number of carbonyl (C=O) groups excluding carboxylic acids is 1. The monoisotopic (exact) mass is 353 g/mol. The molecule has 0 saturated carbocycles. The van der Waals surface area contributed by atoms with E-state index in [2.05, 4.69) is 22.5 Å². The first-order valence-corrected chi connectivity index (χ1v) is 8.54. The first-order valence-electron chi connectivity index (χ1n) is 8.54. The summed E-state index contributed by atoms with van der Waals surface area (Å²) in [5.74, 6) is 5.04. The van der Waals surface area contributed by atoms with Crippen LogP contribution in [0.4, 0.5) is 0 Å². The van der Waals surface area contributed by atoms with E-state index in [9.17, 15) is 9.90 Å². The minimum Gasteiger partial charge on any atom is -0.505 e. The zero-order valence-corrected chi connectivity index (χ0v) is 15.2. The number of hydrogen-bond donors (Lipinski definition) is 3. The van der Waals surface area contributed by atoms with Crippen molar-refractivity contribution in [3.05, 3.63) is 47.5 Å². The second-order valence-corrected chi connectivity index (χ2v) is 6.97. The highest BCUT2D eigenvalue weighted by Crippen LogP contribution is 2.38. The van der Waals surface area contributed by atoms with Crippen LogP contribution < -0.4 is 11.3 Å². The number of carbonyl (C=O) groups is 1. The van der Waals surface area contributed by atoms with Crippen LogP contribution in [0.1, 0.15) is 38.3 Å². The fourth-order valence-corrected chi connectivity index (χ4v) is 2.84. The van der Waals surface area contributed by atoms with Crippen molar-refractivity contribution in [3.63, 3.8) is 0 Å². The van der Waals surface area contributed by atoms with Gasteiger partial charge in [-0.15, -0.1) is 15.0 Å². The topological polar surface area (TPSA) is 106 Å². The van der Waals surface area contributed by atoms with Gasteiger partial charge in [-0.05, 0) is 35.6 Å². The second-order valence-electron chi connectivity index (χ2n) is 6.97. The van der Waals surface area contributed by atoms with Gasteiger partial charge in [-0.3, -0.25) is 10.2 Å². The number of aromatic nitrogens is 3. The van der Waals surface area contributed by atoms with E-state index in [0.29, 0.717) is 5.69 Å². The molecule has 0 radical (unpaired) electrons. The Kier molecular flexibility index (Phi) is 4.65. The van der Waals surface area contributed by atoms with Crippen molar-refractivity contribution in [3.8, 4) is 11.4 Å². The number of amides is 1. The zero-order chi connectivity index (χ0) is 18.9. The molecule has 26 heavy (non-hydrogen) atoms. The summed E-state index contributed by atoms with van der Waals surface area (Å²) in [6.07, 6.45) is 0.929. The van der Waals surface area contributed by atoms with E-state index >= 15 is 0 Å². The fourth-order valence-electron chi connectivity index (χ4n) is 2.84. The Morgan fingerprint density at radius 2 is 1.85 bits per heavy atom. The average molecular weight is 353 g/mol. The number of rotatable bonds is 5. The molecule has 0 aliphatic heterocycles. The van der Waals surface area contributed by atoms with Crippen LogP contribution in [0.3, 0.4) is 0 Å². The molecule has 136 valence electrons. The van der Waals surface area contributed by atoms with E-state index < -0.39 is 0 Å². The number of aromatic hydroxyl groups is 1. The molecule has 0 aliphatic carbocycles. The lowest BCUT2D eigenvalue weighted by Crippen LogP contribution is -2.31. The Morgan fingerprint density at radius 3 is 2.38 bits per heavy atom. The van der Waals surface area contributed by atoms with Crippen LogP contribution in [0.5, 0.6) is 5.75 Å². The van der Waals surface area contributed by atoms with Gasteiger partial charge in [0.25, 0.3) is 0 Å². The smallest absolute Gasteiger partial charge is 0.238 e. The number of phenols is 1. The van der Waals surface area contributed by atoms with Crippen LogP contribution in [-0.4, -0.2) is 26.0 Å². The van der Waals surface area contributed by atoms with Gasteiger partial charge >= 0.3 is 0 Å². The minimum atomic E-state index is -0.305. The van der Waals surface area contributed by atoms with E-state index in [1.54, 1.807) is 6.07 Å². The molecule has 0 saturated heterocycles. The van der Waals surface area contributed by atoms with Crippen molar-refractivity contribution in [2.75, 3.05) is 0 Å². The van der Waals surface area contributed by atoms with Gasteiger partial charge in [0.2, 0.25) is 5.91 Å². The summed E-state index contributed by atoms with van der Waals surface area (Å²) in [6.45, 7) is 6.15. The van der Waals surface area contributed by atoms with Crippen molar-refractivity contribution >= 4 is 16.9 Å².